The van der Waals surface area contributed by atoms with Crippen LogP contribution in [-0.2, 0) is 11.3 Å². The Morgan fingerprint density at radius 2 is 2.21 bits per heavy atom. The first-order valence-electron chi connectivity index (χ1n) is 6.06. The molecule has 0 unspecified atom stereocenters. The first-order chi connectivity index (χ1) is 8.82. The van der Waals surface area contributed by atoms with Gasteiger partial charge >= 0.3 is 6.03 Å². The highest BCUT2D eigenvalue weighted by molar-refractivity contribution is 9.11. The number of imide groups is 1. The van der Waals surface area contributed by atoms with Gasteiger partial charge in [-0.25, -0.2) is 9.78 Å². The van der Waals surface area contributed by atoms with Gasteiger partial charge in [-0.15, -0.1) is 11.3 Å². The number of aromatic nitrogens is 1. The van der Waals surface area contributed by atoms with Gasteiger partial charge in [0.15, 0.2) is 0 Å². The maximum absolute atomic E-state index is 12.4. The molecule has 0 spiro atoms. The lowest BCUT2D eigenvalue weighted by molar-refractivity contribution is -0.131. The summed E-state index contributed by atoms with van der Waals surface area (Å²) in [4.78, 5) is 29.7. The van der Waals surface area contributed by atoms with Crippen LogP contribution in [0, 0.1) is 5.92 Å². The van der Waals surface area contributed by atoms with Crippen LogP contribution >= 0.6 is 27.3 Å². The normalized spacial score (nSPS) is 23.3. The van der Waals surface area contributed by atoms with Gasteiger partial charge in [0, 0.05) is 0 Å². The molecule has 2 heterocycles. The van der Waals surface area contributed by atoms with Crippen molar-refractivity contribution in [1.29, 1.82) is 0 Å². The molecule has 1 aromatic heterocycles. The van der Waals surface area contributed by atoms with E-state index in [4.69, 9.17) is 0 Å². The van der Waals surface area contributed by atoms with Crippen molar-refractivity contribution in [2.24, 2.45) is 5.92 Å². The predicted octanol–water partition coefficient (Wildman–Crippen LogP) is 2.76. The van der Waals surface area contributed by atoms with Crippen molar-refractivity contribution in [2.75, 3.05) is 0 Å². The minimum absolute atomic E-state index is 0.169. The molecule has 0 aliphatic carbocycles. The van der Waals surface area contributed by atoms with Gasteiger partial charge < -0.3 is 5.32 Å². The van der Waals surface area contributed by atoms with Crippen molar-refractivity contribution in [3.05, 3.63) is 15.0 Å². The largest absolute Gasteiger partial charge is 0.325 e. The van der Waals surface area contributed by atoms with E-state index in [2.05, 4.69) is 26.2 Å². The van der Waals surface area contributed by atoms with E-state index in [0.717, 1.165) is 8.79 Å². The number of hydrogen-bond donors (Lipinski definition) is 1. The molecule has 1 atom stereocenters. The Labute approximate surface area is 124 Å². The lowest BCUT2D eigenvalue weighted by Gasteiger charge is -2.23. The van der Waals surface area contributed by atoms with Crippen LogP contribution in [0.25, 0.3) is 0 Å². The fourth-order valence-corrected chi connectivity index (χ4v) is 3.63. The zero-order valence-corrected chi connectivity index (χ0v) is 13.5. The Hall–Kier alpha value is -0.950. The molecular formula is C12H16BrN3O2S. The number of urea groups is 1. The van der Waals surface area contributed by atoms with Gasteiger partial charge in [0.2, 0.25) is 0 Å². The molecule has 0 radical (unpaired) electrons. The Bertz CT molecular complexity index is 517. The number of carbonyl (C=O) groups excluding carboxylic acids is 2. The molecule has 0 saturated carbocycles. The maximum Gasteiger partial charge on any atom is 0.325 e. The Balaban J connectivity index is 2.14. The first-order valence-corrected chi connectivity index (χ1v) is 7.67. The lowest BCUT2D eigenvalue weighted by Crippen LogP contribution is -2.44. The SMILES string of the molecule is CC(C)C[C@]1(C)NC(=O)N(Cc2ncc(Br)s2)C1=O. The van der Waals surface area contributed by atoms with E-state index in [1.165, 1.54) is 16.2 Å². The number of rotatable bonds is 4. The molecule has 5 nitrogen and oxygen atoms in total. The van der Waals surface area contributed by atoms with Crippen molar-refractivity contribution in [1.82, 2.24) is 15.2 Å². The van der Waals surface area contributed by atoms with Gasteiger partial charge in [0.05, 0.1) is 16.5 Å². The molecule has 1 saturated heterocycles. The standard InChI is InChI=1S/C12H16BrN3O2S/c1-7(2)4-12(3)10(17)16(11(18)15-12)6-9-14-5-8(13)19-9/h5,7H,4,6H2,1-3H3,(H,15,18)/t12-/m0/s1. The summed E-state index contributed by atoms with van der Waals surface area (Å²) in [7, 11) is 0. The first kappa shape index (κ1) is 14.5. The average molecular weight is 346 g/mol. The number of nitrogens with one attached hydrogen (secondary N) is 1. The molecular weight excluding hydrogens is 330 g/mol. The molecule has 7 heteroatoms. The average Bonchev–Trinajstić information content (AvgIpc) is 2.76. The molecule has 0 bridgehead atoms. The highest BCUT2D eigenvalue weighted by Gasteiger charge is 2.47. The number of halogens is 1. The van der Waals surface area contributed by atoms with Gasteiger partial charge in [-0.05, 0) is 35.2 Å². The van der Waals surface area contributed by atoms with E-state index < -0.39 is 5.54 Å². The van der Waals surface area contributed by atoms with E-state index in [1.807, 2.05) is 13.8 Å². The predicted molar refractivity (Wildman–Crippen MR) is 76.8 cm³/mol. The highest BCUT2D eigenvalue weighted by Crippen LogP contribution is 2.27. The zero-order valence-electron chi connectivity index (χ0n) is 11.1. The van der Waals surface area contributed by atoms with Crippen LogP contribution in [0.3, 0.4) is 0 Å². The van der Waals surface area contributed by atoms with Crippen LogP contribution in [0.4, 0.5) is 4.79 Å². The molecule has 0 aromatic carbocycles. The fourth-order valence-electron chi connectivity index (χ4n) is 2.34. The number of thiazole rings is 1. The Morgan fingerprint density at radius 3 is 2.74 bits per heavy atom. The molecule has 1 fully saturated rings. The molecule has 1 aromatic rings. The summed E-state index contributed by atoms with van der Waals surface area (Å²) in [5, 5.41) is 3.53. The third-order valence-corrected chi connectivity index (χ3v) is 4.44. The van der Waals surface area contributed by atoms with Gasteiger partial charge in [-0.3, -0.25) is 9.69 Å². The topological polar surface area (TPSA) is 62.3 Å². The quantitative estimate of drug-likeness (QED) is 0.853. The minimum atomic E-state index is -0.792. The van der Waals surface area contributed by atoms with E-state index >= 15 is 0 Å². The summed E-state index contributed by atoms with van der Waals surface area (Å²) in [6.45, 7) is 6.08. The summed E-state index contributed by atoms with van der Waals surface area (Å²) >= 11 is 4.74. The Kier molecular flexibility index (Phi) is 3.96. The summed E-state index contributed by atoms with van der Waals surface area (Å²) in [5.74, 6) is 0.167. The molecule has 2 rings (SSSR count). The summed E-state index contributed by atoms with van der Waals surface area (Å²) in [6.07, 6.45) is 2.31. The maximum atomic E-state index is 12.4. The zero-order chi connectivity index (χ0) is 14.2. The van der Waals surface area contributed by atoms with Crippen LogP contribution in [0.5, 0.6) is 0 Å². The second-order valence-corrected chi connectivity index (χ2v) is 7.80. The molecule has 104 valence electrons. The van der Waals surface area contributed by atoms with E-state index in [1.54, 1.807) is 13.1 Å². The molecule has 1 aliphatic heterocycles. The van der Waals surface area contributed by atoms with E-state index in [9.17, 15) is 9.59 Å². The summed E-state index contributed by atoms with van der Waals surface area (Å²) < 4.78 is 0.888. The molecule has 3 amide bonds. The molecule has 1 N–H and O–H groups in total. The lowest BCUT2D eigenvalue weighted by atomic mass is 9.91. The van der Waals surface area contributed by atoms with Crippen molar-refractivity contribution in [3.8, 4) is 0 Å². The van der Waals surface area contributed by atoms with Gasteiger partial charge in [-0.2, -0.15) is 0 Å². The minimum Gasteiger partial charge on any atom is -0.323 e. The second-order valence-electron chi connectivity index (χ2n) is 5.31. The van der Waals surface area contributed by atoms with Crippen molar-refractivity contribution < 1.29 is 9.59 Å². The van der Waals surface area contributed by atoms with Crippen LogP contribution < -0.4 is 5.32 Å². The highest BCUT2D eigenvalue weighted by atomic mass is 79.9. The van der Waals surface area contributed by atoms with Crippen LogP contribution in [0.15, 0.2) is 9.98 Å². The third kappa shape index (κ3) is 2.97. The number of carbonyl (C=O) groups is 2. The van der Waals surface area contributed by atoms with Gasteiger partial charge in [0.25, 0.3) is 5.91 Å². The molecule has 1 aliphatic rings. The third-order valence-electron chi connectivity index (χ3n) is 2.98. The van der Waals surface area contributed by atoms with Crippen molar-refractivity contribution >= 4 is 39.2 Å². The van der Waals surface area contributed by atoms with Gasteiger partial charge in [0.1, 0.15) is 10.5 Å². The second kappa shape index (κ2) is 5.20. The summed E-state index contributed by atoms with van der Waals surface area (Å²) in [6, 6.07) is -0.334. The van der Waals surface area contributed by atoms with Crippen molar-refractivity contribution in [3.63, 3.8) is 0 Å². The van der Waals surface area contributed by atoms with Gasteiger partial charge in [-0.1, -0.05) is 13.8 Å². The van der Waals surface area contributed by atoms with Crippen LogP contribution in [-0.4, -0.2) is 27.4 Å². The summed E-state index contributed by atoms with van der Waals surface area (Å²) in [5.41, 5.74) is -0.792. The van der Waals surface area contributed by atoms with E-state index in [-0.39, 0.29) is 18.5 Å². The monoisotopic (exact) mass is 345 g/mol. The van der Waals surface area contributed by atoms with Crippen LogP contribution in [0.1, 0.15) is 32.2 Å². The smallest absolute Gasteiger partial charge is 0.323 e. The number of amides is 3. The fraction of sp³-hybridized carbons (Fsp3) is 0.583. The number of nitrogens with zero attached hydrogens (tertiary/aromatic N) is 2. The van der Waals surface area contributed by atoms with E-state index in [0.29, 0.717) is 12.3 Å². The Morgan fingerprint density at radius 1 is 1.53 bits per heavy atom. The van der Waals surface area contributed by atoms with Crippen LogP contribution in [0.2, 0.25) is 0 Å². The van der Waals surface area contributed by atoms with Crippen molar-refractivity contribution in [2.45, 2.75) is 39.3 Å². The number of hydrogen-bond acceptors (Lipinski definition) is 4. The molecule has 19 heavy (non-hydrogen) atoms.